The van der Waals surface area contributed by atoms with E-state index in [-0.39, 0.29) is 6.04 Å². The van der Waals surface area contributed by atoms with Crippen LogP contribution >= 0.6 is 23.4 Å². The molecule has 0 amide bonds. The summed E-state index contributed by atoms with van der Waals surface area (Å²) in [5.74, 6) is 1.50. The first-order valence-electron chi connectivity index (χ1n) is 5.82. The summed E-state index contributed by atoms with van der Waals surface area (Å²) in [5.41, 5.74) is 7.13. The Hall–Kier alpha value is -1.23. The molecule has 3 nitrogen and oxygen atoms in total. The van der Waals surface area contributed by atoms with Gasteiger partial charge in [0, 0.05) is 27.9 Å². The molecule has 0 aliphatic carbocycles. The van der Waals surface area contributed by atoms with Crippen LogP contribution in [0.25, 0.3) is 0 Å². The van der Waals surface area contributed by atoms with Gasteiger partial charge in [0.15, 0.2) is 0 Å². The molecule has 19 heavy (non-hydrogen) atoms. The molecule has 0 bridgehead atoms. The zero-order valence-electron chi connectivity index (χ0n) is 10.5. The monoisotopic (exact) mass is 294 g/mol. The lowest BCUT2D eigenvalue weighted by Gasteiger charge is -2.12. The Morgan fingerprint density at radius 3 is 2.74 bits per heavy atom. The summed E-state index contributed by atoms with van der Waals surface area (Å²) in [4.78, 5) is 5.26. The third kappa shape index (κ3) is 4.13. The van der Waals surface area contributed by atoms with Gasteiger partial charge in [0.05, 0.1) is 13.3 Å². The average Bonchev–Trinajstić information content (AvgIpc) is 2.46. The van der Waals surface area contributed by atoms with Gasteiger partial charge in [0.25, 0.3) is 0 Å². The van der Waals surface area contributed by atoms with Gasteiger partial charge in [-0.2, -0.15) is 0 Å². The van der Waals surface area contributed by atoms with E-state index in [0.717, 1.165) is 27.0 Å². The van der Waals surface area contributed by atoms with Gasteiger partial charge in [-0.25, -0.2) is 0 Å². The molecular formula is C14H15ClN2OS. The first-order valence-corrected chi connectivity index (χ1v) is 7.18. The molecular weight excluding hydrogens is 280 g/mol. The molecule has 1 unspecified atom stereocenters. The molecule has 1 heterocycles. The summed E-state index contributed by atoms with van der Waals surface area (Å²) < 4.78 is 5.14. The van der Waals surface area contributed by atoms with Crippen molar-refractivity contribution in [1.29, 1.82) is 0 Å². The van der Waals surface area contributed by atoms with Crippen LogP contribution in [0, 0.1) is 0 Å². The number of halogens is 1. The predicted molar refractivity (Wildman–Crippen MR) is 79.9 cm³/mol. The Balaban J connectivity index is 1.96. The summed E-state index contributed by atoms with van der Waals surface area (Å²) in [7, 11) is 1.62. The molecule has 0 aliphatic heterocycles. The fraction of sp³-hybridized carbons (Fsp3) is 0.214. The Labute approximate surface area is 122 Å². The van der Waals surface area contributed by atoms with E-state index in [9.17, 15) is 0 Å². The summed E-state index contributed by atoms with van der Waals surface area (Å²) in [6.07, 6.45) is 3.44. The minimum Gasteiger partial charge on any atom is -0.495 e. The molecule has 0 spiro atoms. The normalized spacial score (nSPS) is 12.2. The number of nitrogens with zero attached hydrogens (tertiary/aromatic N) is 1. The average molecular weight is 295 g/mol. The molecule has 2 N–H and O–H groups in total. The van der Waals surface area contributed by atoms with Gasteiger partial charge in [0.2, 0.25) is 0 Å². The molecule has 100 valence electrons. The molecule has 0 saturated carbocycles. The van der Waals surface area contributed by atoms with Gasteiger partial charge in [-0.15, -0.1) is 11.8 Å². The quantitative estimate of drug-likeness (QED) is 0.857. The van der Waals surface area contributed by atoms with Crippen molar-refractivity contribution in [2.24, 2.45) is 5.73 Å². The maximum Gasteiger partial charge on any atom is 0.137 e. The van der Waals surface area contributed by atoms with Crippen LogP contribution in [0.5, 0.6) is 5.75 Å². The summed E-state index contributed by atoms with van der Waals surface area (Å²) in [5, 5.41) is 0.741. The topological polar surface area (TPSA) is 48.1 Å². The van der Waals surface area contributed by atoms with E-state index >= 15 is 0 Å². The van der Waals surface area contributed by atoms with Crippen LogP contribution in [0.15, 0.2) is 47.6 Å². The maximum atomic E-state index is 6.15. The number of nitrogens with two attached hydrogens (primary N) is 1. The molecule has 1 aromatic heterocycles. The maximum absolute atomic E-state index is 6.15. The lowest BCUT2D eigenvalue weighted by atomic mass is 10.1. The number of ether oxygens (including phenoxy) is 1. The van der Waals surface area contributed by atoms with Gasteiger partial charge in [-0.1, -0.05) is 11.6 Å². The zero-order chi connectivity index (χ0) is 13.7. The highest BCUT2D eigenvalue weighted by Crippen LogP contribution is 2.25. The van der Waals surface area contributed by atoms with Gasteiger partial charge in [0.1, 0.15) is 5.75 Å². The lowest BCUT2D eigenvalue weighted by Crippen LogP contribution is -2.13. The Morgan fingerprint density at radius 2 is 2.05 bits per heavy atom. The largest absolute Gasteiger partial charge is 0.495 e. The van der Waals surface area contributed by atoms with Crippen LogP contribution in [-0.4, -0.2) is 17.8 Å². The minimum atomic E-state index is -0.0803. The van der Waals surface area contributed by atoms with E-state index < -0.39 is 0 Å². The van der Waals surface area contributed by atoms with Crippen molar-refractivity contribution in [1.82, 2.24) is 4.98 Å². The van der Waals surface area contributed by atoms with Crippen molar-refractivity contribution in [2.45, 2.75) is 10.9 Å². The molecule has 0 saturated heterocycles. The van der Waals surface area contributed by atoms with Crippen molar-refractivity contribution < 1.29 is 4.74 Å². The second kappa shape index (κ2) is 6.80. The van der Waals surface area contributed by atoms with Crippen molar-refractivity contribution in [3.63, 3.8) is 0 Å². The van der Waals surface area contributed by atoms with Gasteiger partial charge < -0.3 is 10.5 Å². The number of rotatable bonds is 5. The zero-order valence-corrected chi connectivity index (χ0v) is 12.1. The molecule has 0 fully saturated rings. The highest BCUT2D eigenvalue weighted by atomic mass is 35.5. The van der Waals surface area contributed by atoms with Crippen molar-refractivity contribution in [3.05, 3.63) is 53.3 Å². The molecule has 1 aromatic carbocycles. The minimum absolute atomic E-state index is 0.0803. The molecule has 2 aromatic rings. The van der Waals surface area contributed by atoms with Crippen LogP contribution in [-0.2, 0) is 0 Å². The summed E-state index contributed by atoms with van der Waals surface area (Å²) in [6, 6.07) is 9.57. The number of hydrogen-bond donors (Lipinski definition) is 1. The SMILES string of the molecule is COc1cncc(C(N)CSc2ccc(Cl)cc2)c1. The molecule has 0 radical (unpaired) electrons. The molecule has 1 atom stereocenters. The number of methoxy groups -OCH3 is 1. The predicted octanol–water partition coefficient (Wildman–Crippen LogP) is 3.54. The summed E-state index contributed by atoms with van der Waals surface area (Å²) >= 11 is 7.54. The molecule has 2 rings (SSSR count). The summed E-state index contributed by atoms with van der Waals surface area (Å²) in [6.45, 7) is 0. The Kier molecular flexibility index (Phi) is 5.07. The van der Waals surface area contributed by atoms with Crippen molar-refractivity contribution in [2.75, 3.05) is 12.9 Å². The standard InChI is InChI=1S/C14H15ClN2OS/c1-18-12-6-10(7-17-8-12)14(16)9-19-13-4-2-11(15)3-5-13/h2-8,14H,9,16H2,1H3. The van der Waals surface area contributed by atoms with Gasteiger partial charge in [-0.3, -0.25) is 4.98 Å². The smallest absolute Gasteiger partial charge is 0.137 e. The van der Waals surface area contributed by atoms with Gasteiger partial charge in [-0.05, 0) is 35.9 Å². The third-order valence-corrected chi connectivity index (χ3v) is 4.02. The van der Waals surface area contributed by atoms with E-state index in [0.29, 0.717) is 0 Å². The van der Waals surface area contributed by atoms with Crippen LogP contribution in [0.3, 0.4) is 0 Å². The number of thioether (sulfide) groups is 1. The Morgan fingerprint density at radius 1 is 1.32 bits per heavy atom. The first kappa shape index (κ1) is 14.2. The van der Waals surface area contributed by atoms with E-state index in [1.807, 2.05) is 30.3 Å². The second-order valence-corrected chi connectivity index (χ2v) is 5.56. The molecule has 5 heteroatoms. The number of hydrogen-bond acceptors (Lipinski definition) is 4. The number of benzene rings is 1. The van der Waals surface area contributed by atoms with E-state index in [1.165, 1.54) is 0 Å². The first-order chi connectivity index (χ1) is 9.19. The second-order valence-electron chi connectivity index (χ2n) is 4.03. The van der Waals surface area contributed by atoms with E-state index in [2.05, 4.69) is 4.98 Å². The van der Waals surface area contributed by atoms with Gasteiger partial charge >= 0.3 is 0 Å². The fourth-order valence-corrected chi connectivity index (χ4v) is 2.58. The highest BCUT2D eigenvalue weighted by molar-refractivity contribution is 7.99. The van der Waals surface area contributed by atoms with E-state index in [1.54, 1.807) is 31.3 Å². The fourth-order valence-electron chi connectivity index (χ4n) is 1.56. The van der Waals surface area contributed by atoms with Crippen LogP contribution in [0.1, 0.15) is 11.6 Å². The number of aromatic nitrogens is 1. The third-order valence-electron chi connectivity index (χ3n) is 2.64. The van der Waals surface area contributed by atoms with Crippen LogP contribution < -0.4 is 10.5 Å². The Bertz CT molecular complexity index is 533. The van der Waals surface area contributed by atoms with Crippen LogP contribution in [0.4, 0.5) is 0 Å². The van der Waals surface area contributed by atoms with Crippen LogP contribution in [0.2, 0.25) is 5.02 Å². The molecule has 0 aliphatic rings. The van der Waals surface area contributed by atoms with Crippen molar-refractivity contribution in [3.8, 4) is 5.75 Å². The highest BCUT2D eigenvalue weighted by Gasteiger charge is 2.08. The lowest BCUT2D eigenvalue weighted by molar-refractivity contribution is 0.412. The van der Waals surface area contributed by atoms with Crippen molar-refractivity contribution >= 4 is 23.4 Å². The van der Waals surface area contributed by atoms with E-state index in [4.69, 9.17) is 22.1 Å². The number of pyridine rings is 1.